The molecule has 10 heteroatoms. The van der Waals surface area contributed by atoms with E-state index < -0.39 is 33.3 Å². The Morgan fingerprint density at radius 3 is 2.62 bits per heavy atom. The van der Waals surface area contributed by atoms with Gasteiger partial charge in [-0.2, -0.15) is 18.2 Å². The van der Waals surface area contributed by atoms with Crippen LogP contribution in [0.4, 0.5) is 24.0 Å². The van der Waals surface area contributed by atoms with E-state index in [0.29, 0.717) is 18.7 Å². The van der Waals surface area contributed by atoms with Gasteiger partial charge in [0.05, 0.1) is 15.9 Å². The average Bonchev–Trinajstić information content (AvgIpc) is 2.36. The van der Waals surface area contributed by atoms with Gasteiger partial charge in [-0.25, -0.2) is 0 Å². The van der Waals surface area contributed by atoms with E-state index >= 15 is 0 Å². The van der Waals surface area contributed by atoms with Crippen LogP contribution in [0.2, 0.25) is 0 Å². The molecule has 0 aliphatic heterocycles. The number of benzene rings is 1. The molecule has 0 aliphatic carbocycles. The molecule has 1 N–H and O–H groups in total. The molecule has 0 fully saturated rings. The second-order valence-corrected chi connectivity index (χ2v) is 4.98. The van der Waals surface area contributed by atoms with Crippen molar-refractivity contribution in [2.24, 2.45) is 0 Å². The fourth-order valence-corrected chi connectivity index (χ4v) is 2.71. The van der Waals surface area contributed by atoms with Gasteiger partial charge in [-0.3, -0.25) is 14.9 Å². The van der Waals surface area contributed by atoms with Gasteiger partial charge in [-0.15, -0.1) is 0 Å². The molecule has 0 bridgehead atoms. The van der Waals surface area contributed by atoms with Crippen LogP contribution in [0.25, 0.3) is 10.1 Å². The van der Waals surface area contributed by atoms with Crippen molar-refractivity contribution in [2.75, 3.05) is 11.9 Å². The van der Waals surface area contributed by atoms with Gasteiger partial charge in [0.15, 0.2) is 5.13 Å². The number of hydrogen-bond donors (Lipinski definition) is 1. The van der Waals surface area contributed by atoms with Crippen LogP contribution in [0.5, 0.6) is 0 Å². The summed E-state index contributed by atoms with van der Waals surface area (Å²) < 4.78 is 38.1. The van der Waals surface area contributed by atoms with Gasteiger partial charge in [0, 0.05) is 12.6 Å². The largest absolute Gasteiger partial charge is 0.416 e. The van der Waals surface area contributed by atoms with Gasteiger partial charge >= 0.3 is 6.18 Å². The summed E-state index contributed by atoms with van der Waals surface area (Å²) in [6, 6.07) is 1.01. The summed E-state index contributed by atoms with van der Waals surface area (Å²) in [6.45, 7) is 2.15. The van der Waals surface area contributed by atoms with E-state index in [0.717, 1.165) is 11.3 Å². The first-order chi connectivity index (χ1) is 9.74. The van der Waals surface area contributed by atoms with Gasteiger partial charge < -0.3 is 5.32 Å². The van der Waals surface area contributed by atoms with E-state index in [2.05, 4.69) is 10.3 Å². The van der Waals surface area contributed by atoms with Crippen LogP contribution in [0, 0.1) is 10.1 Å². The first-order valence-corrected chi connectivity index (χ1v) is 6.50. The Balaban J connectivity index is 2.86. The molecule has 1 heterocycles. The van der Waals surface area contributed by atoms with Crippen LogP contribution in [0.1, 0.15) is 12.5 Å². The Hall–Kier alpha value is -2.23. The first-order valence-electron chi connectivity index (χ1n) is 5.68. The van der Waals surface area contributed by atoms with E-state index in [1.54, 1.807) is 6.92 Å². The lowest BCUT2D eigenvalue weighted by Gasteiger charge is -2.08. The Labute approximate surface area is 119 Å². The third-order valence-electron chi connectivity index (χ3n) is 2.55. The maximum atomic E-state index is 12.7. The van der Waals surface area contributed by atoms with E-state index in [1.165, 1.54) is 0 Å². The van der Waals surface area contributed by atoms with Gasteiger partial charge in [0.1, 0.15) is 4.70 Å². The van der Waals surface area contributed by atoms with Crippen molar-refractivity contribution in [2.45, 2.75) is 13.1 Å². The number of hydrogen-bond acceptors (Lipinski definition) is 6. The summed E-state index contributed by atoms with van der Waals surface area (Å²) in [5, 5.41) is 13.4. The van der Waals surface area contributed by atoms with Crippen LogP contribution < -0.4 is 10.9 Å². The molecule has 0 spiro atoms. The predicted octanol–water partition coefficient (Wildman–Crippen LogP) is 3.02. The highest BCUT2D eigenvalue weighted by atomic mass is 32.1. The molecule has 0 aliphatic rings. The lowest BCUT2D eigenvalue weighted by atomic mass is 10.1. The van der Waals surface area contributed by atoms with Gasteiger partial charge in [-0.05, 0) is 13.0 Å². The quantitative estimate of drug-likeness (QED) is 0.694. The molecule has 0 saturated heterocycles. The Morgan fingerprint density at radius 2 is 2.10 bits per heavy atom. The number of alkyl halides is 3. The minimum Gasteiger partial charge on any atom is -0.362 e. The van der Waals surface area contributed by atoms with Crippen LogP contribution in [-0.2, 0) is 6.18 Å². The molecule has 0 saturated carbocycles. The van der Waals surface area contributed by atoms with Crippen molar-refractivity contribution >= 4 is 32.2 Å². The molecule has 1 aromatic heterocycles. The number of nitro groups is 1. The summed E-state index contributed by atoms with van der Waals surface area (Å²) >= 11 is 0.769. The number of nitrogens with zero attached hydrogens (tertiary/aromatic N) is 2. The Morgan fingerprint density at radius 1 is 1.43 bits per heavy atom. The van der Waals surface area contributed by atoms with Crippen molar-refractivity contribution in [1.82, 2.24) is 4.98 Å². The zero-order chi connectivity index (χ0) is 15.8. The monoisotopic (exact) mass is 319 g/mol. The van der Waals surface area contributed by atoms with Crippen molar-refractivity contribution < 1.29 is 18.1 Å². The van der Waals surface area contributed by atoms with Crippen molar-refractivity contribution in [3.63, 3.8) is 0 Å². The second-order valence-electron chi connectivity index (χ2n) is 3.98. The third kappa shape index (κ3) is 2.94. The van der Waals surface area contributed by atoms with Crippen LogP contribution in [-0.4, -0.2) is 16.5 Å². The number of anilines is 1. The topological polar surface area (TPSA) is 85.1 Å². The molecule has 0 radical (unpaired) electrons. The smallest absolute Gasteiger partial charge is 0.362 e. The number of nitro benzene ring substituents is 1. The fraction of sp³-hybridized carbons (Fsp3) is 0.273. The van der Waals surface area contributed by atoms with E-state index in [9.17, 15) is 28.1 Å². The maximum Gasteiger partial charge on any atom is 0.416 e. The van der Waals surface area contributed by atoms with Crippen molar-refractivity contribution in [1.29, 1.82) is 0 Å². The van der Waals surface area contributed by atoms with E-state index in [-0.39, 0.29) is 9.83 Å². The molecule has 0 amide bonds. The Bertz CT molecular complexity index is 773. The molecule has 0 atom stereocenters. The van der Waals surface area contributed by atoms with Crippen molar-refractivity contribution in [3.05, 3.63) is 38.2 Å². The molecule has 112 valence electrons. The minimum absolute atomic E-state index is 0.123. The average molecular weight is 319 g/mol. The highest BCUT2D eigenvalue weighted by Gasteiger charge is 2.34. The first kappa shape index (κ1) is 15.2. The van der Waals surface area contributed by atoms with E-state index in [1.807, 2.05) is 0 Å². The molecular weight excluding hydrogens is 311 g/mol. The molecule has 2 aromatic rings. The van der Waals surface area contributed by atoms with Gasteiger partial charge in [-0.1, -0.05) is 11.3 Å². The van der Waals surface area contributed by atoms with Crippen molar-refractivity contribution in [3.8, 4) is 0 Å². The predicted molar refractivity (Wildman–Crippen MR) is 71.7 cm³/mol. The second kappa shape index (κ2) is 5.28. The third-order valence-corrected chi connectivity index (χ3v) is 3.62. The summed E-state index contributed by atoms with van der Waals surface area (Å²) in [6.07, 6.45) is -4.78. The number of rotatable bonds is 3. The molecule has 1 aromatic carbocycles. The van der Waals surface area contributed by atoms with Crippen LogP contribution >= 0.6 is 11.3 Å². The number of nitrogens with one attached hydrogen (secondary N) is 1. The molecule has 0 unspecified atom stereocenters. The molecular formula is C11H8F3N3O3S. The standard InChI is InChI=1S/C11H8F3N3O3S/c1-2-15-10-16-9(18)6-3-5(11(12,13)14)4-7(17(19)20)8(6)21-10/h3-4H,2H2,1H3,(H,15,16,18). The van der Waals surface area contributed by atoms with Crippen LogP contribution in [0.3, 0.4) is 0 Å². The lowest BCUT2D eigenvalue weighted by Crippen LogP contribution is -2.12. The highest BCUT2D eigenvalue weighted by molar-refractivity contribution is 7.22. The molecule has 21 heavy (non-hydrogen) atoms. The van der Waals surface area contributed by atoms with Gasteiger partial charge in [0.25, 0.3) is 11.2 Å². The summed E-state index contributed by atoms with van der Waals surface area (Å²) in [5.41, 5.74) is -2.94. The van der Waals surface area contributed by atoms with E-state index in [4.69, 9.17) is 0 Å². The zero-order valence-corrected chi connectivity index (χ0v) is 11.3. The number of fused-ring (bicyclic) bond motifs is 1. The minimum atomic E-state index is -4.78. The summed E-state index contributed by atoms with van der Waals surface area (Å²) in [4.78, 5) is 25.4. The molecule has 2 rings (SSSR count). The summed E-state index contributed by atoms with van der Waals surface area (Å²) in [7, 11) is 0. The lowest BCUT2D eigenvalue weighted by molar-refractivity contribution is -0.383. The Kier molecular flexibility index (Phi) is 3.81. The zero-order valence-electron chi connectivity index (χ0n) is 10.5. The number of halogens is 3. The number of non-ortho nitro benzene ring substituents is 1. The van der Waals surface area contributed by atoms with Crippen LogP contribution in [0.15, 0.2) is 16.9 Å². The van der Waals surface area contributed by atoms with Gasteiger partial charge in [0.2, 0.25) is 0 Å². The molecule has 6 nitrogen and oxygen atoms in total. The summed E-state index contributed by atoms with van der Waals surface area (Å²) in [5.74, 6) is 0. The number of aromatic nitrogens is 1. The SMILES string of the molecule is CCNc1nc(=O)c2cc(C(F)(F)F)cc([N+](=O)[O-])c2s1. The highest BCUT2D eigenvalue weighted by Crippen LogP contribution is 2.37. The normalized spacial score (nSPS) is 11.6. The fourth-order valence-electron chi connectivity index (χ4n) is 1.68. The maximum absolute atomic E-state index is 12.7.